The quantitative estimate of drug-likeness (QED) is 0.649. The van der Waals surface area contributed by atoms with Crippen molar-refractivity contribution in [3.05, 3.63) is 54.1 Å². The lowest BCUT2D eigenvalue weighted by atomic mass is 10.0. The summed E-state index contributed by atoms with van der Waals surface area (Å²) < 4.78 is 30.9. The first kappa shape index (κ1) is 22.9. The lowest BCUT2D eigenvalue weighted by molar-refractivity contribution is -0.713. The number of ether oxygens (including phenoxy) is 1. The summed E-state index contributed by atoms with van der Waals surface area (Å²) in [4.78, 5) is 12.8. The number of methoxy groups -OCH3 is 1. The minimum atomic E-state index is -3.56. The lowest BCUT2D eigenvalue weighted by Crippen LogP contribution is -2.92. The van der Waals surface area contributed by atoms with Crippen LogP contribution in [0.5, 0.6) is 5.75 Å². The standard InChI is InChI=1S/C21H29N3O4S/c1-6-20(16-10-12-18(28-5)13-11-16)22-15(2)21(25)23-17-8-7-9-19(14-17)29(26,27)24(3)4/h7-15,20,22H,6H2,1-5H3,(H,23,25)/p+1/t15-,20-/m1/s1. The van der Waals surface area contributed by atoms with Crippen molar-refractivity contribution in [1.29, 1.82) is 0 Å². The first-order valence-corrected chi connectivity index (χ1v) is 11.0. The molecular formula is C21H30N3O4S+. The molecule has 0 aliphatic rings. The molecule has 8 heteroatoms. The third kappa shape index (κ3) is 5.79. The van der Waals surface area contributed by atoms with Gasteiger partial charge in [-0.2, -0.15) is 0 Å². The molecule has 29 heavy (non-hydrogen) atoms. The van der Waals surface area contributed by atoms with Gasteiger partial charge in [-0.15, -0.1) is 0 Å². The molecule has 3 N–H and O–H groups in total. The molecule has 2 rings (SSSR count). The van der Waals surface area contributed by atoms with Crippen LogP contribution in [0.1, 0.15) is 31.9 Å². The number of hydrogen-bond donors (Lipinski definition) is 2. The summed E-state index contributed by atoms with van der Waals surface area (Å²) in [5.41, 5.74) is 1.57. The number of hydrogen-bond acceptors (Lipinski definition) is 4. The van der Waals surface area contributed by atoms with Crippen molar-refractivity contribution in [3.63, 3.8) is 0 Å². The van der Waals surface area contributed by atoms with Gasteiger partial charge in [0.1, 0.15) is 11.8 Å². The Kier molecular flexibility index (Phi) is 7.78. The number of carbonyl (C=O) groups excluding carboxylic acids is 1. The molecule has 2 atom stereocenters. The maximum Gasteiger partial charge on any atom is 0.282 e. The van der Waals surface area contributed by atoms with E-state index in [1.165, 1.54) is 26.2 Å². The van der Waals surface area contributed by atoms with Crippen molar-refractivity contribution in [3.8, 4) is 5.75 Å². The third-order valence-electron chi connectivity index (χ3n) is 4.80. The van der Waals surface area contributed by atoms with Crippen molar-refractivity contribution < 1.29 is 23.3 Å². The van der Waals surface area contributed by atoms with Crippen LogP contribution in [0.15, 0.2) is 53.4 Å². The summed E-state index contributed by atoms with van der Waals surface area (Å²) >= 11 is 0. The van der Waals surface area contributed by atoms with Gasteiger partial charge in [-0.3, -0.25) is 4.79 Å². The topological polar surface area (TPSA) is 92.3 Å². The van der Waals surface area contributed by atoms with Crippen LogP contribution in [0.2, 0.25) is 0 Å². The molecule has 2 aromatic rings. The molecule has 0 saturated heterocycles. The second-order valence-electron chi connectivity index (χ2n) is 7.07. The Morgan fingerprint density at radius 1 is 1.17 bits per heavy atom. The van der Waals surface area contributed by atoms with E-state index in [-0.39, 0.29) is 22.9 Å². The molecule has 0 aliphatic carbocycles. The van der Waals surface area contributed by atoms with Gasteiger partial charge in [-0.05, 0) is 49.4 Å². The van der Waals surface area contributed by atoms with Crippen molar-refractivity contribution in [2.24, 2.45) is 0 Å². The van der Waals surface area contributed by atoms with Crippen LogP contribution in [-0.2, 0) is 14.8 Å². The highest BCUT2D eigenvalue weighted by Gasteiger charge is 2.23. The van der Waals surface area contributed by atoms with Crippen molar-refractivity contribution in [2.45, 2.75) is 37.2 Å². The van der Waals surface area contributed by atoms with Crippen LogP contribution >= 0.6 is 0 Å². The summed E-state index contributed by atoms with van der Waals surface area (Å²) in [6, 6.07) is 13.9. The zero-order valence-corrected chi connectivity index (χ0v) is 18.4. The van der Waals surface area contributed by atoms with Gasteiger partial charge < -0.3 is 15.4 Å². The summed E-state index contributed by atoms with van der Waals surface area (Å²) in [6.07, 6.45) is 0.862. The van der Waals surface area contributed by atoms with Gasteiger partial charge in [0.15, 0.2) is 6.04 Å². The van der Waals surface area contributed by atoms with Gasteiger partial charge in [-0.1, -0.05) is 13.0 Å². The normalized spacial score (nSPS) is 13.7. The second kappa shape index (κ2) is 9.87. The highest BCUT2D eigenvalue weighted by molar-refractivity contribution is 7.89. The molecule has 158 valence electrons. The van der Waals surface area contributed by atoms with E-state index in [9.17, 15) is 13.2 Å². The Labute approximate surface area is 173 Å². The van der Waals surface area contributed by atoms with Gasteiger partial charge in [0, 0.05) is 31.8 Å². The fraction of sp³-hybridized carbons (Fsp3) is 0.381. The van der Waals surface area contributed by atoms with Gasteiger partial charge in [0.2, 0.25) is 10.0 Å². The van der Waals surface area contributed by atoms with E-state index in [1.807, 2.05) is 36.5 Å². The van der Waals surface area contributed by atoms with E-state index in [2.05, 4.69) is 12.2 Å². The highest BCUT2D eigenvalue weighted by atomic mass is 32.2. The molecule has 0 saturated carbocycles. The van der Waals surface area contributed by atoms with E-state index >= 15 is 0 Å². The van der Waals surface area contributed by atoms with Gasteiger partial charge >= 0.3 is 0 Å². The van der Waals surface area contributed by atoms with E-state index in [1.54, 1.807) is 19.2 Å². The average Bonchev–Trinajstić information content (AvgIpc) is 2.72. The van der Waals surface area contributed by atoms with E-state index < -0.39 is 10.0 Å². The number of amides is 1. The van der Waals surface area contributed by atoms with Crippen molar-refractivity contribution >= 4 is 21.6 Å². The molecule has 7 nitrogen and oxygen atoms in total. The summed E-state index contributed by atoms with van der Waals surface area (Å²) in [5.74, 6) is 0.610. The lowest BCUT2D eigenvalue weighted by Gasteiger charge is -2.19. The molecule has 0 aromatic heterocycles. The zero-order valence-electron chi connectivity index (χ0n) is 17.5. The first-order valence-electron chi connectivity index (χ1n) is 9.51. The Balaban J connectivity index is 2.08. The second-order valence-corrected chi connectivity index (χ2v) is 9.23. The number of nitrogens with one attached hydrogen (secondary N) is 1. The monoisotopic (exact) mass is 420 g/mol. The van der Waals surface area contributed by atoms with Gasteiger partial charge in [0.25, 0.3) is 5.91 Å². The Bertz CT molecular complexity index is 927. The average molecular weight is 421 g/mol. The molecule has 0 unspecified atom stereocenters. The number of carbonyl (C=O) groups is 1. The summed E-state index contributed by atoms with van der Waals surface area (Å²) in [7, 11) is 1.02. The number of nitrogens with two attached hydrogens (primary N) is 1. The van der Waals surface area contributed by atoms with Crippen LogP contribution in [0.4, 0.5) is 5.69 Å². The van der Waals surface area contributed by atoms with E-state index in [4.69, 9.17) is 4.74 Å². The number of benzene rings is 2. The fourth-order valence-electron chi connectivity index (χ4n) is 2.97. The molecule has 2 aromatic carbocycles. The van der Waals surface area contributed by atoms with Crippen LogP contribution in [0.25, 0.3) is 0 Å². The molecule has 0 bridgehead atoms. The summed E-state index contributed by atoms with van der Waals surface area (Å²) in [6.45, 7) is 3.91. The SMILES string of the molecule is CC[C@@H]([NH2+][C@H](C)C(=O)Nc1cccc(S(=O)(=O)N(C)C)c1)c1ccc(OC)cc1. The molecule has 0 fully saturated rings. The molecule has 1 amide bonds. The highest BCUT2D eigenvalue weighted by Crippen LogP contribution is 2.19. The van der Waals surface area contributed by atoms with Crippen molar-refractivity contribution in [1.82, 2.24) is 4.31 Å². The number of anilines is 1. The number of rotatable bonds is 9. The number of quaternary nitrogens is 1. The fourth-order valence-corrected chi connectivity index (χ4v) is 3.92. The Morgan fingerprint density at radius 3 is 2.38 bits per heavy atom. The first-order chi connectivity index (χ1) is 13.7. The maximum absolute atomic E-state index is 12.7. The van der Waals surface area contributed by atoms with Gasteiger partial charge in [-0.25, -0.2) is 12.7 Å². The largest absolute Gasteiger partial charge is 0.497 e. The van der Waals surface area contributed by atoms with Gasteiger partial charge in [0.05, 0.1) is 12.0 Å². The Hall–Kier alpha value is -2.42. The third-order valence-corrected chi connectivity index (χ3v) is 6.61. The zero-order chi connectivity index (χ0) is 21.6. The van der Waals surface area contributed by atoms with E-state index in [0.717, 1.165) is 22.0 Å². The smallest absolute Gasteiger partial charge is 0.282 e. The van der Waals surface area contributed by atoms with Crippen molar-refractivity contribution in [2.75, 3.05) is 26.5 Å². The maximum atomic E-state index is 12.7. The van der Waals surface area contributed by atoms with Crippen LogP contribution < -0.4 is 15.4 Å². The van der Waals surface area contributed by atoms with Crippen LogP contribution in [0.3, 0.4) is 0 Å². The van der Waals surface area contributed by atoms with E-state index in [0.29, 0.717) is 5.69 Å². The number of sulfonamides is 1. The van der Waals surface area contributed by atoms with Crippen LogP contribution in [0, 0.1) is 0 Å². The predicted molar refractivity (Wildman–Crippen MR) is 113 cm³/mol. The van der Waals surface area contributed by atoms with Crippen LogP contribution in [-0.4, -0.2) is 45.9 Å². The molecule has 0 heterocycles. The Morgan fingerprint density at radius 2 is 1.83 bits per heavy atom. The molecular weight excluding hydrogens is 390 g/mol. The molecule has 0 aliphatic heterocycles. The molecule has 0 radical (unpaired) electrons. The number of nitrogens with zero attached hydrogens (tertiary/aromatic N) is 1. The minimum Gasteiger partial charge on any atom is -0.497 e. The minimum absolute atomic E-state index is 0.127. The predicted octanol–water partition coefficient (Wildman–Crippen LogP) is 1.99. The summed E-state index contributed by atoms with van der Waals surface area (Å²) in [5, 5.41) is 4.83. The molecule has 0 spiro atoms.